The summed E-state index contributed by atoms with van der Waals surface area (Å²) in [5.74, 6) is -1.65. The van der Waals surface area contributed by atoms with Gasteiger partial charge in [0.15, 0.2) is 0 Å². The van der Waals surface area contributed by atoms with Crippen LogP contribution < -0.4 is 0 Å². The van der Waals surface area contributed by atoms with E-state index in [2.05, 4.69) is 0 Å². The Morgan fingerprint density at radius 2 is 1.94 bits per heavy atom. The zero-order chi connectivity index (χ0) is 12.5. The minimum Gasteiger partial charge on any atom is -0.387 e. The minimum atomic E-state index is -1.57. The third kappa shape index (κ3) is 2.23. The fraction of sp³-hybridized carbons (Fsp3) is 0.500. The van der Waals surface area contributed by atoms with E-state index in [4.69, 9.17) is 0 Å². The monoisotopic (exact) mass is 230 g/mol. The van der Waals surface area contributed by atoms with Gasteiger partial charge in [0.2, 0.25) is 0 Å². The second kappa shape index (κ2) is 4.47. The highest BCUT2D eigenvalue weighted by molar-refractivity contribution is 5.29. The topological polar surface area (TPSA) is 40.5 Å². The number of rotatable bonds is 3. The van der Waals surface area contributed by atoms with Gasteiger partial charge < -0.3 is 10.2 Å². The van der Waals surface area contributed by atoms with Gasteiger partial charge in [0.05, 0.1) is 11.2 Å². The van der Waals surface area contributed by atoms with Crippen LogP contribution in [0.3, 0.4) is 0 Å². The molecule has 0 aliphatic heterocycles. The summed E-state index contributed by atoms with van der Waals surface area (Å²) in [5, 5.41) is 19.6. The fourth-order valence-electron chi connectivity index (χ4n) is 1.43. The van der Waals surface area contributed by atoms with Gasteiger partial charge in [-0.1, -0.05) is 13.0 Å². The minimum absolute atomic E-state index is 0.195. The maximum absolute atomic E-state index is 13.7. The van der Waals surface area contributed by atoms with Gasteiger partial charge in [-0.15, -0.1) is 0 Å². The average Bonchev–Trinajstić information content (AvgIpc) is 2.24. The average molecular weight is 230 g/mol. The molecule has 0 aromatic heterocycles. The van der Waals surface area contributed by atoms with E-state index >= 15 is 0 Å². The highest BCUT2D eigenvalue weighted by atomic mass is 19.1. The molecular formula is C12H16F2O2. The number of hydrogen-bond donors (Lipinski definition) is 2. The normalized spacial score (nSPS) is 16.9. The van der Waals surface area contributed by atoms with Crippen LogP contribution in [0.4, 0.5) is 8.78 Å². The lowest BCUT2D eigenvalue weighted by Crippen LogP contribution is -2.33. The molecule has 0 saturated carbocycles. The molecule has 0 radical (unpaired) electrons. The lowest BCUT2D eigenvalue weighted by atomic mass is 9.89. The Labute approximate surface area is 93.5 Å². The van der Waals surface area contributed by atoms with Crippen molar-refractivity contribution in [2.24, 2.45) is 0 Å². The summed E-state index contributed by atoms with van der Waals surface area (Å²) in [7, 11) is 0. The van der Waals surface area contributed by atoms with E-state index in [-0.39, 0.29) is 12.0 Å². The first-order chi connectivity index (χ1) is 7.31. The Morgan fingerprint density at radius 1 is 1.38 bits per heavy atom. The molecule has 0 heterocycles. The van der Waals surface area contributed by atoms with Crippen LogP contribution in [0.1, 0.15) is 37.5 Å². The Balaban J connectivity index is 3.28. The van der Waals surface area contributed by atoms with Gasteiger partial charge in [0.1, 0.15) is 17.7 Å². The van der Waals surface area contributed by atoms with Crippen LogP contribution in [-0.4, -0.2) is 15.8 Å². The molecule has 0 spiro atoms. The molecule has 1 aromatic rings. The number of benzene rings is 1. The molecule has 2 N–H and O–H groups in total. The van der Waals surface area contributed by atoms with Crippen molar-refractivity contribution < 1.29 is 19.0 Å². The van der Waals surface area contributed by atoms with E-state index in [0.29, 0.717) is 0 Å². The molecule has 2 unspecified atom stereocenters. The molecule has 0 amide bonds. The number of halogens is 2. The quantitative estimate of drug-likeness (QED) is 0.837. The molecule has 0 saturated heterocycles. The second-order valence-electron chi connectivity index (χ2n) is 4.21. The van der Waals surface area contributed by atoms with Gasteiger partial charge >= 0.3 is 0 Å². The van der Waals surface area contributed by atoms with Gasteiger partial charge in [-0.05, 0) is 31.9 Å². The van der Waals surface area contributed by atoms with E-state index in [1.807, 2.05) is 0 Å². The van der Waals surface area contributed by atoms with Crippen LogP contribution in [0, 0.1) is 18.6 Å². The van der Waals surface area contributed by atoms with Crippen molar-refractivity contribution in [3.8, 4) is 0 Å². The third-order valence-electron chi connectivity index (χ3n) is 2.90. The molecule has 4 heteroatoms. The van der Waals surface area contributed by atoms with Gasteiger partial charge in [-0.2, -0.15) is 0 Å². The van der Waals surface area contributed by atoms with E-state index in [1.54, 1.807) is 6.92 Å². The standard InChI is InChI=1S/C12H16F2O2/c1-4-12(3,16)11(15)9-8(13)6-5-7(2)10(9)14/h5-6,11,15-16H,4H2,1-3H3. The highest BCUT2D eigenvalue weighted by Gasteiger charge is 2.34. The van der Waals surface area contributed by atoms with E-state index in [1.165, 1.54) is 19.9 Å². The van der Waals surface area contributed by atoms with Crippen molar-refractivity contribution >= 4 is 0 Å². The first-order valence-corrected chi connectivity index (χ1v) is 5.16. The number of hydrogen-bond acceptors (Lipinski definition) is 2. The molecule has 0 fully saturated rings. The fourth-order valence-corrected chi connectivity index (χ4v) is 1.43. The molecule has 0 bridgehead atoms. The molecule has 0 aliphatic carbocycles. The number of aliphatic hydroxyl groups is 2. The molecule has 2 atom stereocenters. The maximum Gasteiger partial charge on any atom is 0.134 e. The lowest BCUT2D eigenvalue weighted by molar-refractivity contribution is -0.0688. The molecule has 0 aliphatic rings. The molecular weight excluding hydrogens is 214 g/mol. The van der Waals surface area contributed by atoms with Crippen LogP contribution >= 0.6 is 0 Å². The van der Waals surface area contributed by atoms with Crippen molar-refractivity contribution in [3.63, 3.8) is 0 Å². The zero-order valence-corrected chi connectivity index (χ0v) is 9.59. The van der Waals surface area contributed by atoms with Crippen molar-refractivity contribution in [1.29, 1.82) is 0 Å². The summed E-state index contributed by atoms with van der Waals surface area (Å²) in [6.45, 7) is 4.46. The van der Waals surface area contributed by atoms with Crippen molar-refractivity contribution in [3.05, 3.63) is 34.9 Å². The van der Waals surface area contributed by atoms with E-state index in [0.717, 1.165) is 6.07 Å². The van der Waals surface area contributed by atoms with Crippen molar-refractivity contribution in [2.75, 3.05) is 0 Å². The van der Waals surface area contributed by atoms with Crippen molar-refractivity contribution in [2.45, 2.75) is 38.9 Å². The van der Waals surface area contributed by atoms with Crippen molar-refractivity contribution in [1.82, 2.24) is 0 Å². The molecule has 1 rings (SSSR count). The van der Waals surface area contributed by atoms with Crippen LogP contribution in [0.15, 0.2) is 12.1 Å². The van der Waals surface area contributed by atoms with E-state index < -0.39 is 28.9 Å². The van der Waals surface area contributed by atoms with Gasteiger partial charge in [0, 0.05) is 0 Å². The van der Waals surface area contributed by atoms with E-state index in [9.17, 15) is 19.0 Å². The second-order valence-corrected chi connectivity index (χ2v) is 4.21. The van der Waals surface area contributed by atoms with Gasteiger partial charge in [-0.3, -0.25) is 0 Å². The first kappa shape index (κ1) is 13.1. The lowest BCUT2D eigenvalue weighted by Gasteiger charge is -2.28. The highest BCUT2D eigenvalue weighted by Crippen LogP contribution is 2.32. The summed E-state index contributed by atoms with van der Waals surface area (Å²) >= 11 is 0. The Hall–Kier alpha value is -1.00. The van der Waals surface area contributed by atoms with Crippen LogP contribution in [0.25, 0.3) is 0 Å². The SMILES string of the molecule is CCC(C)(O)C(O)c1c(F)ccc(C)c1F. The smallest absolute Gasteiger partial charge is 0.134 e. The Kier molecular flexibility index (Phi) is 3.65. The summed E-state index contributed by atoms with van der Waals surface area (Å²) in [6.07, 6.45) is -1.38. The summed E-state index contributed by atoms with van der Waals surface area (Å²) in [4.78, 5) is 0. The zero-order valence-electron chi connectivity index (χ0n) is 9.59. The van der Waals surface area contributed by atoms with Crippen LogP contribution in [-0.2, 0) is 0 Å². The van der Waals surface area contributed by atoms with Gasteiger partial charge in [-0.25, -0.2) is 8.78 Å². The molecule has 16 heavy (non-hydrogen) atoms. The summed E-state index contributed by atoms with van der Waals surface area (Å²) < 4.78 is 27.1. The molecule has 90 valence electrons. The predicted molar refractivity (Wildman–Crippen MR) is 57.0 cm³/mol. The number of aliphatic hydroxyl groups excluding tert-OH is 1. The summed E-state index contributed by atoms with van der Waals surface area (Å²) in [5.41, 5.74) is -1.77. The number of aryl methyl sites for hydroxylation is 1. The van der Waals surface area contributed by atoms with Crippen LogP contribution in [0.2, 0.25) is 0 Å². The van der Waals surface area contributed by atoms with Gasteiger partial charge in [0.25, 0.3) is 0 Å². The Morgan fingerprint density at radius 3 is 2.44 bits per heavy atom. The molecule has 1 aromatic carbocycles. The largest absolute Gasteiger partial charge is 0.387 e. The third-order valence-corrected chi connectivity index (χ3v) is 2.90. The Bertz CT molecular complexity index is 389. The maximum atomic E-state index is 13.7. The molecule has 2 nitrogen and oxygen atoms in total. The summed E-state index contributed by atoms with van der Waals surface area (Å²) in [6, 6.07) is 2.38. The predicted octanol–water partition coefficient (Wildman–Crippen LogP) is 2.47. The van der Waals surface area contributed by atoms with Crippen LogP contribution in [0.5, 0.6) is 0 Å². The first-order valence-electron chi connectivity index (χ1n) is 5.16.